The second-order valence-corrected chi connectivity index (χ2v) is 3.59. The van der Waals surface area contributed by atoms with E-state index in [9.17, 15) is 0 Å². The second kappa shape index (κ2) is 4.11. The number of nitrogens with one attached hydrogen (secondary N) is 1. The van der Waals surface area contributed by atoms with Crippen LogP contribution in [0.5, 0.6) is 0 Å². The molecule has 3 rings (SSSR count). The molecule has 17 heavy (non-hydrogen) atoms. The maximum atomic E-state index is 4.31. The Morgan fingerprint density at radius 3 is 2.76 bits per heavy atom. The maximum absolute atomic E-state index is 4.31. The summed E-state index contributed by atoms with van der Waals surface area (Å²) in [5.41, 5.74) is 1.78. The van der Waals surface area contributed by atoms with Gasteiger partial charge in [0.05, 0.1) is 0 Å². The zero-order valence-electron chi connectivity index (χ0n) is 9.01. The fraction of sp³-hybridized carbons (Fsp3) is 0. The van der Waals surface area contributed by atoms with E-state index in [1.165, 1.54) is 0 Å². The van der Waals surface area contributed by atoms with Gasteiger partial charge in [-0.1, -0.05) is 24.1 Å². The van der Waals surface area contributed by atoms with E-state index in [1.807, 2.05) is 42.6 Å². The second-order valence-electron chi connectivity index (χ2n) is 3.59. The molecule has 3 heteroatoms. The maximum Gasteiger partial charge on any atom is 0.207 e. The van der Waals surface area contributed by atoms with E-state index < -0.39 is 0 Å². The molecule has 3 nitrogen and oxygen atoms in total. The van der Waals surface area contributed by atoms with Crippen LogP contribution in [0.25, 0.3) is 11.0 Å². The average molecular weight is 219 g/mol. The van der Waals surface area contributed by atoms with E-state index in [0.717, 1.165) is 16.6 Å². The Balaban J connectivity index is 1.97. The molecule has 0 amide bonds. The van der Waals surface area contributed by atoms with Crippen LogP contribution in [0.2, 0.25) is 0 Å². The first kappa shape index (κ1) is 9.61. The van der Waals surface area contributed by atoms with Crippen molar-refractivity contribution in [3.05, 3.63) is 60.2 Å². The minimum absolute atomic E-state index is 0.531. The third-order valence-electron chi connectivity index (χ3n) is 2.39. The molecule has 0 atom stereocenters. The highest BCUT2D eigenvalue weighted by atomic mass is 14.9. The van der Waals surface area contributed by atoms with Crippen LogP contribution in [0.1, 0.15) is 11.4 Å². The van der Waals surface area contributed by atoms with Crippen LogP contribution in [0, 0.1) is 11.8 Å². The predicted molar refractivity (Wildman–Crippen MR) is 66.3 cm³/mol. The Kier molecular flexibility index (Phi) is 2.32. The van der Waals surface area contributed by atoms with E-state index in [2.05, 4.69) is 26.8 Å². The molecule has 0 aliphatic heterocycles. The monoisotopic (exact) mass is 219 g/mol. The molecule has 0 radical (unpaired) electrons. The lowest BCUT2D eigenvalue weighted by atomic mass is 10.2. The number of H-pyrrole nitrogens is 1. The quantitative estimate of drug-likeness (QED) is 0.590. The highest BCUT2D eigenvalue weighted by molar-refractivity contribution is 5.74. The van der Waals surface area contributed by atoms with Gasteiger partial charge >= 0.3 is 0 Å². The summed E-state index contributed by atoms with van der Waals surface area (Å²) in [4.78, 5) is 11.5. The lowest BCUT2D eigenvalue weighted by molar-refractivity contribution is 1.16. The number of hydrogen-bond donors (Lipinski definition) is 1. The van der Waals surface area contributed by atoms with Crippen molar-refractivity contribution in [2.45, 2.75) is 0 Å². The Bertz CT molecular complexity index is 702. The third kappa shape index (κ3) is 2.01. The summed E-state index contributed by atoms with van der Waals surface area (Å²) in [7, 11) is 0. The zero-order chi connectivity index (χ0) is 11.5. The van der Waals surface area contributed by atoms with Crippen LogP contribution in [0.3, 0.4) is 0 Å². The molecule has 80 valence electrons. The molecule has 0 saturated heterocycles. The van der Waals surface area contributed by atoms with Gasteiger partial charge < -0.3 is 4.98 Å². The summed E-state index contributed by atoms with van der Waals surface area (Å²) in [5, 5.41) is 0.996. The zero-order valence-corrected chi connectivity index (χ0v) is 9.01. The molecule has 0 fully saturated rings. The average Bonchev–Trinajstić information content (AvgIpc) is 2.85. The van der Waals surface area contributed by atoms with Crippen LogP contribution in [-0.2, 0) is 0 Å². The highest BCUT2D eigenvalue weighted by Crippen LogP contribution is 2.06. The standard InChI is InChI=1S/C14H9N3/c1-2-4-11(5-3-1)6-7-13-16-10-12-8-9-15-14(12)17-13/h1-5,8-10H,(H,15,16,17). The van der Waals surface area contributed by atoms with Crippen molar-refractivity contribution < 1.29 is 0 Å². The SMILES string of the molecule is C(#Cc1ncc2cc[nH]c2n1)c1ccccc1. The first-order chi connectivity index (χ1) is 8.42. The Hall–Kier alpha value is -2.60. The molecule has 2 heterocycles. The summed E-state index contributed by atoms with van der Waals surface area (Å²) in [5.74, 6) is 6.51. The van der Waals surface area contributed by atoms with Crippen molar-refractivity contribution in [3.8, 4) is 11.8 Å². The molecule has 0 aliphatic rings. The fourth-order valence-electron chi connectivity index (χ4n) is 1.55. The van der Waals surface area contributed by atoms with Gasteiger partial charge in [0.25, 0.3) is 0 Å². The van der Waals surface area contributed by atoms with Gasteiger partial charge in [0.15, 0.2) is 0 Å². The summed E-state index contributed by atoms with van der Waals surface area (Å²) >= 11 is 0. The van der Waals surface area contributed by atoms with E-state index in [-0.39, 0.29) is 0 Å². The molecule has 0 saturated carbocycles. The van der Waals surface area contributed by atoms with Gasteiger partial charge in [0.1, 0.15) is 5.65 Å². The van der Waals surface area contributed by atoms with Crippen molar-refractivity contribution in [2.75, 3.05) is 0 Å². The van der Waals surface area contributed by atoms with Gasteiger partial charge in [-0.3, -0.25) is 0 Å². The number of nitrogens with zero attached hydrogens (tertiary/aromatic N) is 2. The molecule has 3 aromatic rings. The third-order valence-corrected chi connectivity index (χ3v) is 2.39. The van der Waals surface area contributed by atoms with Crippen molar-refractivity contribution in [2.24, 2.45) is 0 Å². The number of fused-ring (bicyclic) bond motifs is 1. The molecular formula is C14H9N3. The summed E-state index contributed by atoms with van der Waals surface area (Å²) in [6, 6.07) is 11.7. The number of hydrogen-bond acceptors (Lipinski definition) is 2. The number of aromatic amines is 1. The molecule has 0 spiro atoms. The van der Waals surface area contributed by atoms with E-state index in [4.69, 9.17) is 0 Å². The first-order valence-electron chi connectivity index (χ1n) is 5.29. The van der Waals surface area contributed by atoms with E-state index in [0.29, 0.717) is 5.82 Å². The molecule has 0 unspecified atom stereocenters. The number of aromatic nitrogens is 3. The van der Waals surface area contributed by atoms with Crippen molar-refractivity contribution in [1.82, 2.24) is 15.0 Å². The van der Waals surface area contributed by atoms with Gasteiger partial charge in [-0.25, -0.2) is 9.97 Å². The van der Waals surface area contributed by atoms with Crippen LogP contribution in [-0.4, -0.2) is 15.0 Å². The molecule has 2 aromatic heterocycles. The summed E-state index contributed by atoms with van der Waals surface area (Å²) in [6.07, 6.45) is 3.61. The lowest BCUT2D eigenvalue weighted by Crippen LogP contribution is -1.88. The van der Waals surface area contributed by atoms with Gasteiger partial charge in [0, 0.05) is 23.3 Å². The van der Waals surface area contributed by atoms with Gasteiger partial charge in [-0.05, 0) is 24.1 Å². The first-order valence-corrected chi connectivity index (χ1v) is 5.29. The Labute approximate surface area is 98.5 Å². The van der Waals surface area contributed by atoms with Gasteiger partial charge in [0.2, 0.25) is 5.82 Å². The number of benzene rings is 1. The number of rotatable bonds is 0. The minimum atomic E-state index is 0.531. The van der Waals surface area contributed by atoms with Gasteiger partial charge in [-0.2, -0.15) is 0 Å². The van der Waals surface area contributed by atoms with Crippen molar-refractivity contribution in [3.63, 3.8) is 0 Å². The van der Waals surface area contributed by atoms with Crippen LogP contribution in [0.4, 0.5) is 0 Å². The van der Waals surface area contributed by atoms with Crippen molar-refractivity contribution >= 4 is 11.0 Å². The molecule has 1 aromatic carbocycles. The summed E-state index contributed by atoms with van der Waals surface area (Å²) in [6.45, 7) is 0. The van der Waals surface area contributed by atoms with E-state index >= 15 is 0 Å². The fourth-order valence-corrected chi connectivity index (χ4v) is 1.55. The van der Waals surface area contributed by atoms with Crippen LogP contribution >= 0.6 is 0 Å². The van der Waals surface area contributed by atoms with Crippen LogP contribution < -0.4 is 0 Å². The Morgan fingerprint density at radius 1 is 1.00 bits per heavy atom. The van der Waals surface area contributed by atoms with E-state index in [1.54, 1.807) is 6.20 Å². The normalized spacial score (nSPS) is 9.88. The van der Waals surface area contributed by atoms with Gasteiger partial charge in [-0.15, -0.1) is 0 Å². The summed E-state index contributed by atoms with van der Waals surface area (Å²) < 4.78 is 0. The van der Waals surface area contributed by atoms with Crippen LogP contribution in [0.15, 0.2) is 48.8 Å². The minimum Gasteiger partial charge on any atom is -0.346 e. The van der Waals surface area contributed by atoms with Crippen molar-refractivity contribution in [1.29, 1.82) is 0 Å². The molecular weight excluding hydrogens is 210 g/mol. The predicted octanol–water partition coefficient (Wildman–Crippen LogP) is 2.36. The molecule has 0 bridgehead atoms. The lowest BCUT2D eigenvalue weighted by Gasteiger charge is -1.90. The topological polar surface area (TPSA) is 41.6 Å². The largest absolute Gasteiger partial charge is 0.346 e. The highest BCUT2D eigenvalue weighted by Gasteiger charge is 1.96. The smallest absolute Gasteiger partial charge is 0.207 e. The Morgan fingerprint density at radius 2 is 1.88 bits per heavy atom. The molecule has 1 N–H and O–H groups in total. The molecule has 0 aliphatic carbocycles.